The summed E-state index contributed by atoms with van der Waals surface area (Å²) in [5.74, 6) is 0. The van der Waals surface area contributed by atoms with Crippen LogP contribution in [0.2, 0.25) is 0 Å². The van der Waals surface area contributed by atoms with Crippen molar-refractivity contribution in [3.63, 3.8) is 0 Å². The Hall–Kier alpha value is -2.10. The molecule has 6 rings (SSSR count). The van der Waals surface area contributed by atoms with E-state index in [-0.39, 0.29) is 10.8 Å². The average Bonchev–Trinajstić information content (AvgIpc) is 3.49. The second-order valence-electron chi connectivity index (χ2n) is 10.5. The molecule has 2 aliphatic carbocycles. The van der Waals surface area contributed by atoms with Crippen molar-refractivity contribution < 1.29 is 5.11 Å². The van der Waals surface area contributed by atoms with Crippen LogP contribution in [0.1, 0.15) is 49.8 Å². The van der Waals surface area contributed by atoms with Crippen molar-refractivity contribution in [2.75, 3.05) is 13.1 Å². The standard InChI is InChI=1S/C28H29NOS2/c1-5-6-20-7-8-23(31-20)24-10-9-22(32-24)18-15-19-16-21-25-28(19,17-18)27(4,30)12-14-29(25)13-11-26(21,2)3/h6-10,15-16,30H,1,11-14,17H2,2-4H3. The van der Waals surface area contributed by atoms with Crippen LogP contribution in [-0.4, -0.2) is 28.7 Å². The van der Waals surface area contributed by atoms with E-state index < -0.39 is 5.60 Å². The van der Waals surface area contributed by atoms with Gasteiger partial charge in [-0.05, 0) is 78.7 Å². The maximum absolute atomic E-state index is 11.8. The lowest BCUT2D eigenvalue weighted by Gasteiger charge is -2.55. The molecule has 1 fully saturated rings. The molecule has 2 nitrogen and oxygen atoms in total. The highest BCUT2D eigenvalue weighted by Crippen LogP contribution is 2.67. The summed E-state index contributed by atoms with van der Waals surface area (Å²) in [7, 11) is 0. The number of aliphatic hydroxyl groups is 1. The van der Waals surface area contributed by atoms with Crippen LogP contribution in [-0.2, 0) is 0 Å². The third kappa shape index (κ3) is 2.67. The molecule has 0 bridgehead atoms. The van der Waals surface area contributed by atoms with Gasteiger partial charge < -0.3 is 10.0 Å². The Labute approximate surface area is 198 Å². The van der Waals surface area contributed by atoms with E-state index in [0.717, 1.165) is 25.9 Å². The van der Waals surface area contributed by atoms with Gasteiger partial charge in [0.25, 0.3) is 0 Å². The van der Waals surface area contributed by atoms with Crippen LogP contribution in [0, 0.1) is 10.8 Å². The predicted octanol–water partition coefficient (Wildman–Crippen LogP) is 7.13. The molecule has 4 aliphatic rings. The fourth-order valence-corrected chi connectivity index (χ4v) is 8.24. The van der Waals surface area contributed by atoms with Gasteiger partial charge in [-0.3, -0.25) is 0 Å². The minimum atomic E-state index is -0.724. The lowest BCUT2D eigenvalue weighted by Crippen LogP contribution is -2.57. The van der Waals surface area contributed by atoms with Gasteiger partial charge in [0.15, 0.2) is 0 Å². The summed E-state index contributed by atoms with van der Waals surface area (Å²) in [5, 5.41) is 11.8. The monoisotopic (exact) mass is 459 g/mol. The molecule has 0 saturated carbocycles. The molecule has 1 spiro atoms. The van der Waals surface area contributed by atoms with E-state index in [2.05, 4.69) is 74.4 Å². The molecule has 4 heterocycles. The van der Waals surface area contributed by atoms with Gasteiger partial charge >= 0.3 is 0 Å². The number of piperidine rings is 1. The predicted molar refractivity (Wildman–Crippen MR) is 137 cm³/mol. The van der Waals surface area contributed by atoms with Crippen molar-refractivity contribution in [3.8, 4) is 9.75 Å². The third-order valence-electron chi connectivity index (χ3n) is 8.11. The molecule has 2 aliphatic heterocycles. The molecule has 32 heavy (non-hydrogen) atoms. The van der Waals surface area contributed by atoms with Crippen LogP contribution in [0.5, 0.6) is 0 Å². The van der Waals surface area contributed by atoms with Crippen LogP contribution >= 0.6 is 22.7 Å². The lowest BCUT2D eigenvalue weighted by molar-refractivity contribution is -0.0739. The van der Waals surface area contributed by atoms with Crippen molar-refractivity contribution in [2.24, 2.45) is 10.8 Å². The van der Waals surface area contributed by atoms with E-state index in [4.69, 9.17) is 0 Å². The summed E-state index contributed by atoms with van der Waals surface area (Å²) in [6.45, 7) is 12.6. The highest BCUT2D eigenvalue weighted by atomic mass is 32.1. The molecule has 2 aromatic rings. The second-order valence-corrected chi connectivity index (χ2v) is 12.7. The van der Waals surface area contributed by atoms with E-state index >= 15 is 0 Å². The van der Waals surface area contributed by atoms with Gasteiger partial charge in [-0.2, -0.15) is 0 Å². The van der Waals surface area contributed by atoms with Gasteiger partial charge in [0.2, 0.25) is 0 Å². The van der Waals surface area contributed by atoms with Crippen molar-refractivity contribution >= 4 is 34.3 Å². The molecule has 0 radical (unpaired) electrons. The highest BCUT2D eigenvalue weighted by molar-refractivity contribution is 7.23. The summed E-state index contributed by atoms with van der Waals surface area (Å²) in [5.41, 5.74) is 7.60. The number of allylic oxidation sites excluding steroid dienone is 4. The molecule has 1 saturated heterocycles. The third-order valence-corrected chi connectivity index (χ3v) is 10.5. The molecular weight excluding hydrogens is 430 g/mol. The van der Waals surface area contributed by atoms with Crippen LogP contribution in [0.4, 0.5) is 0 Å². The molecule has 0 amide bonds. The van der Waals surface area contributed by atoms with Crippen LogP contribution < -0.4 is 0 Å². The van der Waals surface area contributed by atoms with E-state index in [1.807, 2.05) is 17.4 Å². The van der Waals surface area contributed by atoms with E-state index in [0.29, 0.717) is 0 Å². The van der Waals surface area contributed by atoms with Crippen molar-refractivity contribution in [1.82, 2.24) is 4.90 Å². The number of nitrogens with zero attached hydrogens (tertiary/aromatic N) is 1. The van der Waals surface area contributed by atoms with Gasteiger partial charge in [-0.1, -0.05) is 32.6 Å². The highest BCUT2D eigenvalue weighted by Gasteiger charge is 2.62. The van der Waals surface area contributed by atoms with Gasteiger partial charge in [0, 0.05) is 38.3 Å². The van der Waals surface area contributed by atoms with E-state index in [1.54, 1.807) is 11.3 Å². The Balaban J connectivity index is 1.40. The van der Waals surface area contributed by atoms with Crippen molar-refractivity contribution in [2.45, 2.75) is 45.6 Å². The van der Waals surface area contributed by atoms with Gasteiger partial charge in [-0.25, -0.2) is 0 Å². The molecule has 1 N–H and O–H groups in total. The zero-order valence-electron chi connectivity index (χ0n) is 19.0. The first-order valence-corrected chi connectivity index (χ1v) is 13.1. The Kier molecular flexibility index (Phi) is 4.30. The van der Waals surface area contributed by atoms with Crippen LogP contribution in [0.15, 0.2) is 65.6 Å². The number of thiophene rings is 2. The molecule has 4 heteroatoms. The summed E-state index contributed by atoms with van der Waals surface area (Å²) in [6.07, 6.45) is 9.66. The fraction of sp³-hybridized carbons (Fsp3) is 0.393. The molecule has 2 unspecified atom stereocenters. The fourth-order valence-electron chi connectivity index (χ4n) is 6.22. The summed E-state index contributed by atoms with van der Waals surface area (Å²) < 4.78 is 0. The summed E-state index contributed by atoms with van der Waals surface area (Å²) in [4.78, 5) is 7.67. The molecule has 164 valence electrons. The normalized spacial score (nSPS) is 29.9. The average molecular weight is 460 g/mol. The van der Waals surface area contributed by atoms with Crippen LogP contribution in [0.3, 0.4) is 0 Å². The number of rotatable bonds is 3. The van der Waals surface area contributed by atoms with Gasteiger partial charge in [0.1, 0.15) is 0 Å². The van der Waals surface area contributed by atoms with Gasteiger partial charge in [0.05, 0.1) is 11.0 Å². The first-order chi connectivity index (χ1) is 15.2. The first kappa shape index (κ1) is 20.5. The number of hydrogen-bond donors (Lipinski definition) is 1. The van der Waals surface area contributed by atoms with Crippen LogP contribution in [0.25, 0.3) is 21.4 Å². The van der Waals surface area contributed by atoms with Gasteiger partial charge in [-0.15, -0.1) is 28.4 Å². The molecule has 2 atom stereocenters. The Morgan fingerprint density at radius 3 is 2.53 bits per heavy atom. The Morgan fingerprint density at radius 1 is 1.00 bits per heavy atom. The lowest BCUT2D eigenvalue weighted by atomic mass is 9.61. The Bertz CT molecular complexity index is 1270. The minimum absolute atomic E-state index is 0.171. The smallest absolute Gasteiger partial charge is 0.0790 e. The minimum Gasteiger partial charge on any atom is -0.389 e. The number of hydrogen-bond acceptors (Lipinski definition) is 4. The summed E-state index contributed by atoms with van der Waals surface area (Å²) in [6, 6.07) is 8.83. The quantitative estimate of drug-likeness (QED) is 0.494. The maximum atomic E-state index is 11.8. The topological polar surface area (TPSA) is 23.5 Å². The molecular formula is C28H29NOS2. The van der Waals surface area contributed by atoms with Crippen molar-refractivity contribution in [3.05, 3.63) is 75.3 Å². The van der Waals surface area contributed by atoms with E-state index in [1.165, 1.54) is 48.3 Å². The molecule has 0 aromatic carbocycles. The zero-order valence-corrected chi connectivity index (χ0v) is 20.6. The summed E-state index contributed by atoms with van der Waals surface area (Å²) >= 11 is 3.64. The van der Waals surface area contributed by atoms with E-state index in [9.17, 15) is 5.11 Å². The first-order valence-electron chi connectivity index (χ1n) is 11.5. The maximum Gasteiger partial charge on any atom is 0.0790 e. The molecule has 2 aromatic heterocycles. The SMILES string of the molecule is C=C=Cc1ccc(-c2ccc(C3=CC4=CC5=C6N(CCC5(C)C)CCC(C)(O)C46C3)s2)s1. The zero-order chi connectivity index (χ0) is 22.3. The second kappa shape index (κ2) is 6.71. The van der Waals surface area contributed by atoms with Crippen molar-refractivity contribution in [1.29, 1.82) is 0 Å². The Morgan fingerprint density at radius 2 is 1.72 bits per heavy atom. The largest absolute Gasteiger partial charge is 0.389 e.